The third kappa shape index (κ3) is 2.02. The van der Waals surface area contributed by atoms with Gasteiger partial charge in [-0.1, -0.05) is 0 Å². The molecule has 0 spiro atoms. The summed E-state index contributed by atoms with van der Waals surface area (Å²) < 4.78 is 7.01. The molecule has 3 rings (SSSR count). The quantitative estimate of drug-likeness (QED) is 0.493. The van der Waals surface area contributed by atoms with Crippen molar-refractivity contribution in [3.8, 4) is 0 Å². The first kappa shape index (κ1) is 12.2. The number of hydrogen-bond donors (Lipinski definition) is 4. The van der Waals surface area contributed by atoms with Gasteiger partial charge in [-0.05, 0) is 12.8 Å². The van der Waals surface area contributed by atoms with Gasteiger partial charge in [0, 0.05) is 0 Å². The van der Waals surface area contributed by atoms with Crippen LogP contribution in [0.15, 0.2) is 12.7 Å². The second-order valence-corrected chi connectivity index (χ2v) is 4.43. The van der Waals surface area contributed by atoms with Crippen LogP contribution in [0.4, 0.5) is 5.82 Å². The summed E-state index contributed by atoms with van der Waals surface area (Å²) >= 11 is 0. The number of rotatable bonds is 2. The molecule has 1 fully saturated rings. The fraction of sp³-hybridized carbons (Fsp3) is 0.500. The zero-order valence-electron chi connectivity index (χ0n) is 9.84. The van der Waals surface area contributed by atoms with Crippen molar-refractivity contribution in [3.05, 3.63) is 12.7 Å². The maximum absolute atomic E-state index is 9.11. The Labute approximate surface area is 107 Å². The molecule has 0 saturated carbocycles. The molecule has 2 unspecified atom stereocenters. The van der Waals surface area contributed by atoms with Gasteiger partial charge < -0.3 is 25.8 Å². The van der Waals surface area contributed by atoms with Crippen molar-refractivity contribution < 1.29 is 20.1 Å². The molecule has 2 aromatic heterocycles. The van der Waals surface area contributed by atoms with Crippen molar-refractivity contribution in [2.75, 3.05) is 5.73 Å². The van der Waals surface area contributed by atoms with Crippen LogP contribution < -0.4 is 5.73 Å². The molecule has 2 atom stereocenters. The number of aliphatic hydroxyl groups is 3. The minimum absolute atomic E-state index is 0.263. The summed E-state index contributed by atoms with van der Waals surface area (Å²) in [4.78, 5) is 12.0. The van der Waals surface area contributed by atoms with Crippen LogP contribution >= 0.6 is 0 Å². The fourth-order valence-corrected chi connectivity index (χ4v) is 2.19. The van der Waals surface area contributed by atoms with E-state index in [0.29, 0.717) is 24.0 Å². The summed E-state index contributed by atoms with van der Waals surface area (Å²) in [6, 6.07) is 0. The molecular weight excluding hydrogens is 254 g/mol. The van der Waals surface area contributed by atoms with Crippen LogP contribution in [0, 0.1) is 0 Å². The van der Waals surface area contributed by atoms with Crippen molar-refractivity contribution >= 4 is 17.0 Å². The summed E-state index contributed by atoms with van der Waals surface area (Å²) in [5.41, 5.74) is 6.63. The van der Waals surface area contributed by atoms with Crippen LogP contribution in [0.1, 0.15) is 19.1 Å². The first-order valence-corrected chi connectivity index (χ1v) is 5.72. The van der Waals surface area contributed by atoms with Gasteiger partial charge in [0.25, 0.3) is 0 Å². The Morgan fingerprint density at radius 3 is 2.74 bits per heavy atom. The Kier molecular flexibility index (Phi) is 2.64. The number of nitrogens with two attached hydrogens (primary N) is 1. The summed E-state index contributed by atoms with van der Waals surface area (Å²) in [6.07, 6.45) is 2.04. The Morgan fingerprint density at radius 2 is 2.05 bits per heavy atom. The molecule has 0 aliphatic carbocycles. The van der Waals surface area contributed by atoms with Gasteiger partial charge in [0.1, 0.15) is 24.2 Å². The minimum atomic E-state index is -2.85. The number of hydrogen-bond acceptors (Lipinski definition) is 8. The highest BCUT2D eigenvalue weighted by Gasteiger charge is 2.40. The molecule has 3 heterocycles. The van der Waals surface area contributed by atoms with Crippen LogP contribution in [0.2, 0.25) is 0 Å². The van der Waals surface area contributed by atoms with Gasteiger partial charge in [-0.3, -0.25) is 4.57 Å². The lowest BCUT2D eigenvalue weighted by atomic mass is 10.2. The highest BCUT2D eigenvalue weighted by atomic mass is 16.7. The lowest BCUT2D eigenvalue weighted by molar-refractivity contribution is -0.360. The van der Waals surface area contributed by atoms with E-state index < -0.39 is 18.3 Å². The van der Waals surface area contributed by atoms with E-state index in [1.807, 2.05) is 0 Å². The number of anilines is 1. The first-order valence-electron chi connectivity index (χ1n) is 5.72. The molecular formula is C10H13N5O4. The Morgan fingerprint density at radius 1 is 1.26 bits per heavy atom. The average Bonchev–Trinajstić information content (AvgIpc) is 2.93. The van der Waals surface area contributed by atoms with Crippen molar-refractivity contribution in [2.24, 2.45) is 0 Å². The molecule has 1 saturated heterocycles. The summed E-state index contributed by atoms with van der Waals surface area (Å²) in [5.74, 6) is -2.58. The maximum atomic E-state index is 9.11. The van der Waals surface area contributed by atoms with Crippen LogP contribution in [0.5, 0.6) is 0 Å². The van der Waals surface area contributed by atoms with E-state index in [4.69, 9.17) is 25.8 Å². The summed E-state index contributed by atoms with van der Waals surface area (Å²) in [7, 11) is 0. The smallest absolute Gasteiger partial charge is 0.303 e. The van der Waals surface area contributed by atoms with Gasteiger partial charge in [0.2, 0.25) is 0 Å². The highest BCUT2D eigenvalue weighted by Crippen LogP contribution is 2.33. The van der Waals surface area contributed by atoms with E-state index in [9.17, 15) is 0 Å². The second-order valence-electron chi connectivity index (χ2n) is 4.43. The zero-order valence-corrected chi connectivity index (χ0v) is 9.84. The van der Waals surface area contributed by atoms with Crippen molar-refractivity contribution in [1.29, 1.82) is 0 Å². The number of nitrogens with zero attached hydrogens (tertiary/aromatic N) is 4. The summed E-state index contributed by atoms with van der Waals surface area (Å²) in [6.45, 7) is 0. The highest BCUT2D eigenvalue weighted by molar-refractivity contribution is 5.81. The molecule has 0 radical (unpaired) electrons. The molecule has 0 aromatic carbocycles. The van der Waals surface area contributed by atoms with E-state index in [2.05, 4.69) is 15.0 Å². The molecule has 0 amide bonds. The SMILES string of the molecule is Nc1ncnc2c1ncn2C1CCC(C(O)(O)O)O1. The molecule has 0 bridgehead atoms. The molecule has 1 aliphatic heterocycles. The van der Waals surface area contributed by atoms with E-state index in [0.717, 1.165) is 0 Å². The molecule has 2 aromatic rings. The Bertz CT molecular complexity index is 607. The standard InChI is InChI=1S/C10H13N5O4/c11-8-7-9(13-3-12-8)15(4-14-7)6-2-1-5(19-6)10(16,17)18/h3-6,16-18H,1-2H2,(H2,11,12,13). The predicted molar refractivity (Wildman–Crippen MR) is 62.3 cm³/mol. The number of aromatic nitrogens is 4. The normalized spacial score (nSPS) is 24.2. The Balaban J connectivity index is 1.92. The largest absolute Gasteiger partial charge is 0.382 e. The zero-order chi connectivity index (χ0) is 13.6. The molecule has 102 valence electrons. The number of fused-ring (bicyclic) bond motifs is 1. The van der Waals surface area contributed by atoms with Crippen molar-refractivity contribution in [1.82, 2.24) is 19.5 Å². The maximum Gasteiger partial charge on any atom is 0.303 e. The van der Waals surface area contributed by atoms with E-state index in [1.165, 1.54) is 12.7 Å². The molecule has 1 aliphatic rings. The van der Waals surface area contributed by atoms with Gasteiger partial charge in [-0.25, -0.2) is 15.0 Å². The lowest BCUT2D eigenvalue weighted by Crippen LogP contribution is -2.41. The first-order chi connectivity index (χ1) is 8.97. The van der Waals surface area contributed by atoms with E-state index in [-0.39, 0.29) is 5.82 Å². The summed E-state index contributed by atoms with van der Waals surface area (Å²) in [5, 5.41) is 27.3. The third-order valence-corrected chi connectivity index (χ3v) is 3.13. The lowest BCUT2D eigenvalue weighted by Gasteiger charge is -2.22. The van der Waals surface area contributed by atoms with Crippen LogP contribution in [-0.4, -0.2) is 46.9 Å². The minimum Gasteiger partial charge on any atom is -0.382 e. The van der Waals surface area contributed by atoms with Crippen LogP contribution in [-0.2, 0) is 4.74 Å². The monoisotopic (exact) mass is 267 g/mol. The van der Waals surface area contributed by atoms with Gasteiger partial charge >= 0.3 is 5.97 Å². The third-order valence-electron chi connectivity index (χ3n) is 3.13. The number of ether oxygens (including phenoxy) is 1. The van der Waals surface area contributed by atoms with E-state index in [1.54, 1.807) is 4.57 Å². The number of imidazole rings is 1. The van der Waals surface area contributed by atoms with Gasteiger partial charge in [-0.15, -0.1) is 0 Å². The van der Waals surface area contributed by atoms with E-state index >= 15 is 0 Å². The molecule has 5 N–H and O–H groups in total. The fourth-order valence-electron chi connectivity index (χ4n) is 2.19. The number of nitrogen functional groups attached to an aromatic ring is 1. The topological polar surface area (TPSA) is 140 Å². The molecule has 9 heteroatoms. The predicted octanol–water partition coefficient (Wildman–Crippen LogP) is -1.28. The molecule has 9 nitrogen and oxygen atoms in total. The van der Waals surface area contributed by atoms with Crippen molar-refractivity contribution in [3.63, 3.8) is 0 Å². The van der Waals surface area contributed by atoms with Gasteiger partial charge in [0.15, 0.2) is 11.5 Å². The van der Waals surface area contributed by atoms with Gasteiger partial charge in [-0.2, -0.15) is 0 Å². The van der Waals surface area contributed by atoms with Crippen LogP contribution in [0.3, 0.4) is 0 Å². The van der Waals surface area contributed by atoms with Crippen molar-refractivity contribution in [2.45, 2.75) is 31.1 Å². The average molecular weight is 267 g/mol. The molecule has 19 heavy (non-hydrogen) atoms. The Hall–Kier alpha value is -1.81. The second kappa shape index (κ2) is 4.10. The van der Waals surface area contributed by atoms with Gasteiger partial charge in [0.05, 0.1) is 6.33 Å². The van der Waals surface area contributed by atoms with Crippen LogP contribution in [0.25, 0.3) is 11.2 Å².